The molecule has 0 fully saturated rings. The quantitative estimate of drug-likeness (QED) is 0.784. The van der Waals surface area contributed by atoms with E-state index in [9.17, 15) is 13.2 Å². The van der Waals surface area contributed by atoms with Gasteiger partial charge in [-0.3, -0.25) is 0 Å². The van der Waals surface area contributed by atoms with Crippen LogP contribution in [0.5, 0.6) is 5.75 Å². The SMILES string of the molecule is FC(F)(F)c1cccc(COc2cccnc2Cl)c1. The van der Waals surface area contributed by atoms with Gasteiger partial charge in [-0.1, -0.05) is 23.7 Å². The van der Waals surface area contributed by atoms with Gasteiger partial charge in [0.05, 0.1) is 5.56 Å². The Morgan fingerprint density at radius 1 is 1.16 bits per heavy atom. The van der Waals surface area contributed by atoms with Crippen molar-refractivity contribution in [3.63, 3.8) is 0 Å². The summed E-state index contributed by atoms with van der Waals surface area (Å²) in [6, 6.07) is 8.19. The maximum absolute atomic E-state index is 12.5. The average molecular weight is 288 g/mol. The fraction of sp³-hybridized carbons (Fsp3) is 0.154. The third-order valence-electron chi connectivity index (χ3n) is 2.37. The van der Waals surface area contributed by atoms with Crippen LogP contribution in [0.25, 0.3) is 0 Å². The number of rotatable bonds is 3. The number of benzene rings is 1. The summed E-state index contributed by atoms with van der Waals surface area (Å²) in [5.41, 5.74) is -0.291. The monoisotopic (exact) mass is 287 g/mol. The first-order valence-electron chi connectivity index (χ1n) is 5.36. The molecule has 1 aromatic carbocycles. The minimum atomic E-state index is -4.36. The topological polar surface area (TPSA) is 22.1 Å². The molecular weight excluding hydrogens is 279 g/mol. The lowest BCUT2D eigenvalue weighted by Crippen LogP contribution is -2.06. The molecule has 0 spiro atoms. The van der Waals surface area contributed by atoms with Crippen LogP contribution < -0.4 is 4.74 Å². The van der Waals surface area contributed by atoms with Crippen molar-refractivity contribution in [3.8, 4) is 5.75 Å². The van der Waals surface area contributed by atoms with Gasteiger partial charge < -0.3 is 4.74 Å². The molecule has 0 aliphatic heterocycles. The van der Waals surface area contributed by atoms with Crippen molar-refractivity contribution in [2.75, 3.05) is 0 Å². The zero-order chi connectivity index (χ0) is 13.9. The van der Waals surface area contributed by atoms with Crippen molar-refractivity contribution in [3.05, 3.63) is 58.9 Å². The highest BCUT2D eigenvalue weighted by Crippen LogP contribution is 2.30. The van der Waals surface area contributed by atoms with Gasteiger partial charge in [0.25, 0.3) is 0 Å². The molecule has 1 heterocycles. The third kappa shape index (κ3) is 3.61. The summed E-state index contributed by atoms with van der Waals surface area (Å²) >= 11 is 5.78. The first kappa shape index (κ1) is 13.7. The Balaban J connectivity index is 2.10. The first-order valence-corrected chi connectivity index (χ1v) is 5.74. The van der Waals surface area contributed by atoms with E-state index in [2.05, 4.69) is 4.98 Å². The zero-order valence-electron chi connectivity index (χ0n) is 9.62. The van der Waals surface area contributed by atoms with Gasteiger partial charge in [-0.25, -0.2) is 4.98 Å². The number of alkyl halides is 3. The van der Waals surface area contributed by atoms with E-state index in [1.807, 2.05) is 0 Å². The second kappa shape index (κ2) is 5.48. The maximum atomic E-state index is 12.5. The minimum Gasteiger partial charge on any atom is -0.486 e. The predicted octanol–water partition coefficient (Wildman–Crippen LogP) is 4.33. The lowest BCUT2D eigenvalue weighted by atomic mass is 10.1. The Hall–Kier alpha value is -1.75. The Morgan fingerprint density at radius 3 is 2.63 bits per heavy atom. The van der Waals surface area contributed by atoms with Gasteiger partial charge in [-0.15, -0.1) is 0 Å². The normalized spacial score (nSPS) is 11.4. The summed E-state index contributed by atoms with van der Waals surface area (Å²) in [6.07, 6.45) is -2.86. The van der Waals surface area contributed by atoms with Crippen LogP contribution in [-0.4, -0.2) is 4.98 Å². The Morgan fingerprint density at radius 2 is 1.95 bits per heavy atom. The van der Waals surface area contributed by atoms with Gasteiger partial charge in [0, 0.05) is 6.20 Å². The number of hydrogen-bond acceptors (Lipinski definition) is 2. The van der Waals surface area contributed by atoms with E-state index in [1.54, 1.807) is 18.2 Å². The molecule has 0 amide bonds. The second-order valence-electron chi connectivity index (χ2n) is 3.78. The van der Waals surface area contributed by atoms with E-state index in [0.29, 0.717) is 11.3 Å². The minimum absolute atomic E-state index is 0.00463. The zero-order valence-corrected chi connectivity index (χ0v) is 10.4. The predicted molar refractivity (Wildman–Crippen MR) is 65.0 cm³/mol. The molecule has 2 rings (SSSR count). The number of nitrogens with zero attached hydrogens (tertiary/aromatic N) is 1. The van der Waals surface area contributed by atoms with Crippen LogP contribution in [-0.2, 0) is 12.8 Å². The van der Waals surface area contributed by atoms with E-state index >= 15 is 0 Å². The van der Waals surface area contributed by atoms with Crippen LogP contribution in [0, 0.1) is 0 Å². The number of aromatic nitrogens is 1. The van der Waals surface area contributed by atoms with E-state index < -0.39 is 11.7 Å². The second-order valence-corrected chi connectivity index (χ2v) is 4.14. The summed E-state index contributed by atoms with van der Waals surface area (Å²) in [4.78, 5) is 3.81. The smallest absolute Gasteiger partial charge is 0.416 e. The summed E-state index contributed by atoms with van der Waals surface area (Å²) in [7, 11) is 0. The molecule has 6 heteroatoms. The molecule has 0 saturated heterocycles. The number of pyridine rings is 1. The molecule has 0 unspecified atom stereocenters. The highest BCUT2D eigenvalue weighted by atomic mass is 35.5. The number of halogens is 4. The molecule has 2 nitrogen and oxygen atoms in total. The molecule has 0 radical (unpaired) electrons. The molecular formula is C13H9ClF3NO. The fourth-order valence-electron chi connectivity index (χ4n) is 1.48. The molecule has 0 saturated carbocycles. The summed E-state index contributed by atoms with van der Waals surface area (Å²) in [5, 5.41) is 0.175. The third-order valence-corrected chi connectivity index (χ3v) is 2.66. The molecule has 0 atom stereocenters. The summed E-state index contributed by atoms with van der Waals surface area (Å²) in [6.45, 7) is -0.00463. The van der Waals surface area contributed by atoms with E-state index in [-0.39, 0.29) is 11.8 Å². The van der Waals surface area contributed by atoms with Crippen LogP contribution in [0.3, 0.4) is 0 Å². The Bertz CT molecular complexity index is 572. The summed E-state index contributed by atoms with van der Waals surface area (Å²) in [5.74, 6) is 0.335. The van der Waals surface area contributed by atoms with Gasteiger partial charge >= 0.3 is 6.18 Å². The highest BCUT2D eigenvalue weighted by molar-refractivity contribution is 6.30. The molecule has 0 aliphatic rings. The Labute approximate surface area is 112 Å². The van der Waals surface area contributed by atoms with Crippen LogP contribution in [0.15, 0.2) is 42.6 Å². The van der Waals surface area contributed by atoms with Gasteiger partial charge in [-0.2, -0.15) is 13.2 Å². The largest absolute Gasteiger partial charge is 0.486 e. The molecule has 1 aromatic heterocycles. The van der Waals surface area contributed by atoms with Gasteiger partial charge in [0.1, 0.15) is 6.61 Å². The molecule has 0 aliphatic carbocycles. The fourth-order valence-corrected chi connectivity index (χ4v) is 1.65. The van der Waals surface area contributed by atoms with Crippen molar-refractivity contribution in [2.45, 2.75) is 12.8 Å². The van der Waals surface area contributed by atoms with E-state index in [1.165, 1.54) is 12.3 Å². The van der Waals surface area contributed by atoms with Crippen LogP contribution in [0.4, 0.5) is 13.2 Å². The van der Waals surface area contributed by atoms with Crippen LogP contribution in [0.1, 0.15) is 11.1 Å². The maximum Gasteiger partial charge on any atom is 0.416 e. The Kier molecular flexibility index (Phi) is 3.95. The van der Waals surface area contributed by atoms with Crippen molar-refractivity contribution in [1.82, 2.24) is 4.98 Å². The number of ether oxygens (including phenoxy) is 1. The van der Waals surface area contributed by atoms with Crippen molar-refractivity contribution in [1.29, 1.82) is 0 Å². The van der Waals surface area contributed by atoms with Gasteiger partial charge in [-0.05, 0) is 29.8 Å². The first-order chi connectivity index (χ1) is 8.97. The molecule has 0 N–H and O–H groups in total. The summed E-state index contributed by atoms with van der Waals surface area (Å²) < 4.78 is 42.9. The average Bonchev–Trinajstić information content (AvgIpc) is 2.37. The van der Waals surface area contributed by atoms with Crippen molar-refractivity contribution in [2.24, 2.45) is 0 Å². The van der Waals surface area contributed by atoms with Crippen LogP contribution >= 0.6 is 11.6 Å². The van der Waals surface area contributed by atoms with Crippen molar-refractivity contribution < 1.29 is 17.9 Å². The molecule has 19 heavy (non-hydrogen) atoms. The van der Waals surface area contributed by atoms with Crippen molar-refractivity contribution >= 4 is 11.6 Å². The number of hydrogen-bond donors (Lipinski definition) is 0. The lowest BCUT2D eigenvalue weighted by molar-refractivity contribution is -0.137. The van der Waals surface area contributed by atoms with Gasteiger partial charge in [0.2, 0.25) is 0 Å². The van der Waals surface area contributed by atoms with Gasteiger partial charge in [0.15, 0.2) is 10.9 Å². The molecule has 2 aromatic rings. The molecule has 100 valence electrons. The molecule has 0 bridgehead atoms. The van der Waals surface area contributed by atoms with Crippen LogP contribution in [0.2, 0.25) is 5.15 Å². The van der Waals surface area contributed by atoms with E-state index in [0.717, 1.165) is 12.1 Å². The highest BCUT2D eigenvalue weighted by Gasteiger charge is 2.30. The van der Waals surface area contributed by atoms with E-state index in [4.69, 9.17) is 16.3 Å². The lowest BCUT2D eigenvalue weighted by Gasteiger charge is -2.10. The standard InChI is InChI=1S/C13H9ClF3NO/c14-12-11(5-2-6-18-12)19-8-9-3-1-4-10(7-9)13(15,16)17/h1-7H,8H2.